The minimum Gasteiger partial charge on any atom is -0.472 e. The van der Waals surface area contributed by atoms with Gasteiger partial charge < -0.3 is 14.4 Å². The van der Waals surface area contributed by atoms with Gasteiger partial charge in [0, 0.05) is 30.8 Å². The quantitative estimate of drug-likeness (QED) is 0.863. The molecule has 4 rings (SSSR count). The number of hydrogen-bond donors (Lipinski definition) is 0. The molecule has 1 aromatic heterocycles. The molecule has 2 aliphatic rings. The molecule has 1 unspecified atom stereocenters. The van der Waals surface area contributed by atoms with Crippen molar-refractivity contribution in [1.29, 1.82) is 0 Å². The molecule has 1 aromatic carbocycles. The zero-order valence-electron chi connectivity index (χ0n) is 13.9. The van der Waals surface area contributed by atoms with Crippen LogP contribution in [0.1, 0.15) is 28.8 Å². The van der Waals surface area contributed by atoms with Gasteiger partial charge >= 0.3 is 0 Å². The van der Waals surface area contributed by atoms with Crippen molar-refractivity contribution in [3.8, 4) is 5.88 Å². The first kappa shape index (κ1) is 15.8. The third-order valence-corrected chi connectivity index (χ3v) is 4.45. The van der Waals surface area contributed by atoms with Crippen molar-refractivity contribution in [3.05, 3.63) is 59.8 Å². The minimum atomic E-state index is -0.0360. The van der Waals surface area contributed by atoms with E-state index in [2.05, 4.69) is 17.1 Å². The summed E-state index contributed by atoms with van der Waals surface area (Å²) in [7, 11) is 0. The molecule has 25 heavy (non-hydrogen) atoms. The fraction of sp³-hybridized carbons (Fsp3) is 0.300. The number of hydrogen-bond acceptors (Lipinski definition) is 4. The molecule has 5 nitrogen and oxygen atoms in total. The van der Waals surface area contributed by atoms with Crippen LogP contribution in [0.15, 0.2) is 48.7 Å². The number of benzene rings is 1. The summed E-state index contributed by atoms with van der Waals surface area (Å²) in [4.78, 5) is 19.2. The Morgan fingerprint density at radius 2 is 2.20 bits per heavy atom. The molecule has 3 heterocycles. The number of nitrogens with zero attached hydrogens (tertiary/aromatic N) is 2. The Hall–Kier alpha value is -2.66. The van der Waals surface area contributed by atoms with Gasteiger partial charge in [-0.3, -0.25) is 4.79 Å². The van der Waals surface area contributed by atoms with Crippen molar-refractivity contribution in [2.75, 3.05) is 24.7 Å². The number of rotatable bonds is 3. The number of aromatic nitrogens is 1. The molecule has 1 atom stereocenters. The Labute approximate surface area is 146 Å². The first-order valence-electron chi connectivity index (χ1n) is 8.59. The smallest absolute Gasteiger partial charge is 0.258 e. The third kappa shape index (κ3) is 3.42. The summed E-state index contributed by atoms with van der Waals surface area (Å²) < 4.78 is 11.1. The number of fused-ring (bicyclic) bond motifs is 1. The van der Waals surface area contributed by atoms with Gasteiger partial charge in [0.2, 0.25) is 5.88 Å². The van der Waals surface area contributed by atoms with Gasteiger partial charge in [-0.05, 0) is 24.1 Å². The number of amides is 1. The van der Waals surface area contributed by atoms with Crippen LogP contribution in [-0.2, 0) is 4.74 Å². The van der Waals surface area contributed by atoms with Gasteiger partial charge in [0.05, 0.1) is 18.9 Å². The van der Waals surface area contributed by atoms with Crippen molar-refractivity contribution >= 4 is 17.7 Å². The Bertz CT molecular complexity index is 797. The van der Waals surface area contributed by atoms with Crippen LogP contribution in [0, 0.1) is 0 Å². The van der Waals surface area contributed by atoms with Crippen molar-refractivity contribution in [2.45, 2.75) is 18.9 Å². The van der Waals surface area contributed by atoms with Crippen LogP contribution >= 0.6 is 0 Å². The minimum absolute atomic E-state index is 0.0148. The summed E-state index contributed by atoms with van der Waals surface area (Å²) in [5.74, 6) is 0.439. The van der Waals surface area contributed by atoms with Crippen LogP contribution in [0.2, 0.25) is 0 Å². The van der Waals surface area contributed by atoms with Crippen molar-refractivity contribution in [3.63, 3.8) is 0 Å². The molecule has 0 saturated carbocycles. The molecule has 2 aliphatic heterocycles. The van der Waals surface area contributed by atoms with Crippen LogP contribution in [-0.4, -0.2) is 36.8 Å². The highest BCUT2D eigenvalue weighted by molar-refractivity contribution is 6.07. The maximum atomic E-state index is 13.1. The normalized spacial score (nSPS) is 19.4. The van der Waals surface area contributed by atoms with E-state index in [4.69, 9.17) is 9.47 Å². The van der Waals surface area contributed by atoms with Crippen LogP contribution in [0.3, 0.4) is 0 Å². The van der Waals surface area contributed by atoms with Crippen LogP contribution in [0.4, 0.5) is 5.69 Å². The highest BCUT2D eigenvalue weighted by Gasteiger charge is 2.22. The molecule has 0 spiro atoms. The average Bonchev–Trinajstić information content (AvgIpc) is 3.06. The predicted octanol–water partition coefficient (Wildman–Crippen LogP) is 3.31. The molecule has 2 aromatic rings. The maximum Gasteiger partial charge on any atom is 0.258 e. The van der Waals surface area contributed by atoms with E-state index in [0.29, 0.717) is 31.2 Å². The van der Waals surface area contributed by atoms with Gasteiger partial charge in [0.1, 0.15) is 6.10 Å². The second-order valence-corrected chi connectivity index (χ2v) is 6.19. The summed E-state index contributed by atoms with van der Waals surface area (Å²) in [6.07, 6.45) is 7.50. The molecule has 1 saturated heterocycles. The number of carbonyl (C=O) groups excluding carboxylic acids is 1. The van der Waals surface area contributed by atoms with E-state index in [1.807, 2.05) is 29.2 Å². The van der Waals surface area contributed by atoms with Crippen molar-refractivity contribution in [2.24, 2.45) is 0 Å². The molecule has 0 bridgehead atoms. The summed E-state index contributed by atoms with van der Waals surface area (Å²) in [5, 5.41) is 0. The molecule has 128 valence electrons. The Balaban J connectivity index is 1.58. The molecular weight excluding hydrogens is 316 g/mol. The van der Waals surface area contributed by atoms with Gasteiger partial charge in [0.15, 0.2) is 0 Å². The second-order valence-electron chi connectivity index (χ2n) is 6.19. The summed E-state index contributed by atoms with van der Waals surface area (Å²) >= 11 is 0. The third-order valence-electron chi connectivity index (χ3n) is 4.45. The first-order valence-corrected chi connectivity index (χ1v) is 8.59. The summed E-state index contributed by atoms with van der Waals surface area (Å²) in [6.45, 7) is 1.94. The summed E-state index contributed by atoms with van der Waals surface area (Å²) in [6, 6.07) is 11.4. The first-order chi connectivity index (χ1) is 12.3. The Morgan fingerprint density at radius 1 is 1.28 bits per heavy atom. The number of pyridine rings is 1. The number of anilines is 1. The van der Waals surface area contributed by atoms with Crippen LogP contribution in [0.5, 0.6) is 5.88 Å². The molecule has 1 amide bonds. The van der Waals surface area contributed by atoms with E-state index in [9.17, 15) is 4.79 Å². The Morgan fingerprint density at radius 3 is 3.08 bits per heavy atom. The zero-order valence-corrected chi connectivity index (χ0v) is 13.9. The van der Waals surface area contributed by atoms with Crippen molar-refractivity contribution in [1.82, 2.24) is 4.98 Å². The number of ether oxygens (including phenoxy) is 2. The standard InChI is InChI=1S/C20H20N2O3/c23-20(22-11-4-3-6-15-5-1-2-7-18(15)22)16-8-10-21-19(13-16)25-17-9-12-24-14-17/h1-3,5-8,10,13,17H,4,9,11-12,14H2. The lowest BCUT2D eigenvalue weighted by Gasteiger charge is -2.23. The van der Waals surface area contributed by atoms with E-state index in [-0.39, 0.29) is 12.0 Å². The number of carbonyl (C=O) groups is 1. The van der Waals surface area contributed by atoms with Gasteiger partial charge in [-0.2, -0.15) is 0 Å². The molecule has 0 radical (unpaired) electrons. The van der Waals surface area contributed by atoms with Gasteiger partial charge in [0.25, 0.3) is 5.91 Å². The van der Waals surface area contributed by atoms with E-state index < -0.39 is 0 Å². The van der Waals surface area contributed by atoms with Gasteiger partial charge in [-0.15, -0.1) is 0 Å². The lowest BCUT2D eigenvalue weighted by Crippen LogP contribution is -2.32. The highest BCUT2D eigenvalue weighted by atomic mass is 16.5. The molecular formula is C20H20N2O3. The van der Waals surface area contributed by atoms with E-state index in [1.54, 1.807) is 18.3 Å². The van der Waals surface area contributed by atoms with E-state index in [1.165, 1.54) is 0 Å². The molecule has 0 aliphatic carbocycles. The van der Waals surface area contributed by atoms with Gasteiger partial charge in [-0.1, -0.05) is 30.4 Å². The monoisotopic (exact) mass is 336 g/mol. The lowest BCUT2D eigenvalue weighted by atomic mass is 10.1. The zero-order chi connectivity index (χ0) is 17.1. The molecule has 5 heteroatoms. The van der Waals surface area contributed by atoms with E-state index in [0.717, 1.165) is 24.1 Å². The van der Waals surface area contributed by atoms with Crippen molar-refractivity contribution < 1.29 is 14.3 Å². The molecule has 0 N–H and O–H groups in total. The second kappa shape index (κ2) is 7.07. The molecule has 1 fully saturated rings. The van der Waals surface area contributed by atoms with Crippen LogP contribution in [0.25, 0.3) is 6.08 Å². The average molecular weight is 336 g/mol. The van der Waals surface area contributed by atoms with E-state index >= 15 is 0 Å². The maximum absolute atomic E-state index is 13.1. The predicted molar refractivity (Wildman–Crippen MR) is 95.9 cm³/mol. The highest BCUT2D eigenvalue weighted by Crippen LogP contribution is 2.27. The fourth-order valence-electron chi connectivity index (χ4n) is 3.16. The largest absolute Gasteiger partial charge is 0.472 e. The van der Waals surface area contributed by atoms with Gasteiger partial charge in [-0.25, -0.2) is 4.98 Å². The topological polar surface area (TPSA) is 51.7 Å². The Kier molecular flexibility index (Phi) is 4.48. The number of para-hydroxylation sites is 1. The van der Waals surface area contributed by atoms with Crippen LogP contribution < -0.4 is 9.64 Å². The lowest BCUT2D eigenvalue weighted by molar-refractivity contribution is 0.0986. The fourth-order valence-corrected chi connectivity index (χ4v) is 3.16. The SMILES string of the molecule is O=C(c1ccnc(OC2CCOC2)c1)N1CCC=Cc2ccccc21. The summed E-state index contributed by atoms with van der Waals surface area (Å²) in [5.41, 5.74) is 2.58.